The van der Waals surface area contributed by atoms with Crippen LogP contribution >= 0.6 is 0 Å². The molecule has 1 amide bonds. The number of ether oxygens (including phenoxy) is 1. The van der Waals surface area contributed by atoms with E-state index in [2.05, 4.69) is 0 Å². The Kier molecular flexibility index (Phi) is 1.55. The Morgan fingerprint density at radius 2 is 2.48 bits per heavy atom. The summed E-state index contributed by atoms with van der Waals surface area (Å²) in [5.74, 6) is 0. The molecule has 1 aromatic carbocycles. The van der Waals surface area contributed by atoms with Gasteiger partial charge in [0.05, 0.1) is 6.04 Å². The molecule has 1 aromatic heterocycles. The van der Waals surface area contributed by atoms with Crippen molar-refractivity contribution in [1.29, 1.82) is 0 Å². The van der Waals surface area contributed by atoms with Crippen molar-refractivity contribution < 1.29 is 26.1 Å². The minimum absolute atomic E-state index is 0.0204. The Balaban J connectivity index is 2.06. The lowest BCUT2D eigenvalue weighted by atomic mass is 10.0. The molecule has 2 aromatic rings. The fourth-order valence-corrected chi connectivity index (χ4v) is 2.14. The van der Waals surface area contributed by atoms with E-state index >= 15 is 0 Å². The van der Waals surface area contributed by atoms with Crippen LogP contribution in [-0.4, -0.2) is 49.1 Å². The van der Waals surface area contributed by atoms with E-state index < -0.39 is 45.4 Å². The van der Waals surface area contributed by atoms with Gasteiger partial charge in [0.2, 0.25) is 0 Å². The topological polar surface area (TPSA) is 57.4 Å². The molecular formula is C16H21N3O2. The number of nitrogens with zero attached hydrogens (tertiary/aromatic N) is 1. The molecule has 3 rings (SSSR count). The number of aromatic amines is 1. The van der Waals surface area contributed by atoms with Crippen LogP contribution in [0.1, 0.15) is 24.8 Å². The van der Waals surface area contributed by atoms with Crippen LogP contribution in [0.5, 0.6) is 0 Å². The van der Waals surface area contributed by atoms with Gasteiger partial charge in [-0.05, 0) is 50.0 Å². The number of hydrogen-bond acceptors (Lipinski definition) is 3. The maximum Gasteiger partial charge on any atom is 0.407 e. The average Bonchev–Trinajstić information content (AvgIpc) is 3.11. The van der Waals surface area contributed by atoms with Crippen molar-refractivity contribution in [3.8, 4) is 0 Å². The Labute approximate surface area is 141 Å². The lowest BCUT2D eigenvalue weighted by Gasteiger charge is -2.09. The monoisotopic (exact) mass is 299 g/mol. The molecule has 1 atom stereocenters. The molecule has 1 saturated heterocycles. The largest absolute Gasteiger partial charge is 0.447 e. The summed E-state index contributed by atoms with van der Waals surface area (Å²) in [6.07, 6.45) is -2.76. The molecule has 2 N–H and O–H groups in total. The molecule has 2 heterocycles. The first-order valence-electron chi connectivity index (χ1n) is 12.2. The number of fused-ring (bicyclic) bond motifs is 1. The van der Waals surface area contributed by atoms with E-state index in [0.717, 1.165) is 4.98 Å². The van der Waals surface area contributed by atoms with E-state index in [4.69, 9.17) is 21.3 Å². The molecule has 0 saturated carbocycles. The molecule has 1 aliphatic rings. The molecule has 5 heteroatoms. The number of aromatic nitrogens is 1. The van der Waals surface area contributed by atoms with E-state index in [1.54, 1.807) is 0 Å². The highest BCUT2D eigenvalue weighted by atomic mass is 16.6. The smallest absolute Gasteiger partial charge is 0.407 e. The molecule has 0 unspecified atom stereocenters. The molecule has 112 valence electrons. The number of aryl methyl sites for hydroxylation is 1. The fraction of sp³-hybridized carbons (Fsp3) is 0.438. The quantitative estimate of drug-likeness (QED) is 0.887. The van der Waals surface area contributed by atoms with Crippen LogP contribution in [0.25, 0.3) is 10.9 Å². The minimum atomic E-state index is -3.27. The number of likely N-dealkylation sites (N-methyl/N-ethyl adjacent to an activating group) is 1. The predicted molar refractivity (Wildman–Crippen MR) is 82.5 cm³/mol. The van der Waals surface area contributed by atoms with Gasteiger partial charge in [0.15, 0.2) is 2.82 Å². The first-order valence-corrected chi connectivity index (χ1v) is 6.26. The third kappa shape index (κ3) is 3.19. The number of amides is 1. The van der Waals surface area contributed by atoms with Crippen LogP contribution in [0.4, 0.5) is 4.79 Å². The molecule has 1 aliphatic heterocycles. The lowest BCUT2D eigenvalue weighted by molar-refractivity contribution is 0.177. The van der Waals surface area contributed by atoms with Gasteiger partial charge in [0, 0.05) is 37.3 Å². The van der Waals surface area contributed by atoms with E-state index in [-0.39, 0.29) is 33.5 Å². The molecule has 21 heavy (non-hydrogen) atoms. The highest BCUT2D eigenvalue weighted by Crippen LogP contribution is 2.21. The van der Waals surface area contributed by atoms with Crippen LogP contribution in [0.15, 0.2) is 24.4 Å². The summed E-state index contributed by atoms with van der Waals surface area (Å²) in [6.45, 7) is -9.77. The van der Waals surface area contributed by atoms with Crippen LogP contribution in [0.2, 0.25) is 2.82 Å². The SMILES string of the molecule is [2H]N1C(=O)OC[C@@H]1C([2H])([2H])c1ccc2c(c1)c(CC([2H])([2H])N(C([2H])([2H])[2H])C([2H])([2H])[2H])cn2[2H]. The normalized spacial score (nSPS) is 29.7. The number of alkyl carbamates (subject to hydrolysis) is 1. The number of benzene rings is 1. The van der Waals surface area contributed by atoms with Crippen LogP contribution in [0.3, 0.4) is 0 Å². The summed E-state index contributed by atoms with van der Waals surface area (Å²) in [6, 6.07) is 2.82. The second kappa shape index (κ2) is 5.77. The zero-order chi connectivity index (χ0) is 25.1. The molecule has 0 aliphatic carbocycles. The summed E-state index contributed by atoms with van der Waals surface area (Å²) in [5, 5.41) is 0.595. The number of H-pyrrole nitrogens is 1. The van der Waals surface area contributed by atoms with Gasteiger partial charge in [0.25, 0.3) is 0 Å². The zero-order valence-corrected chi connectivity index (χ0v) is 11.0. The third-order valence-electron chi connectivity index (χ3n) is 3.09. The number of cyclic esters (lactones) is 1. The zero-order valence-electron chi connectivity index (χ0n) is 23.0. The maximum absolute atomic E-state index is 11.5. The maximum atomic E-state index is 11.5. The highest BCUT2D eigenvalue weighted by Gasteiger charge is 2.22. The number of carbonyl (C=O) groups excluding carboxylic acids is 1. The predicted octanol–water partition coefficient (Wildman–Crippen LogP) is 1.92. The molecule has 5 nitrogen and oxygen atoms in total. The Bertz CT molecular complexity index is 1050. The summed E-state index contributed by atoms with van der Waals surface area (Å²) in [7, 11) is 0. The van der Waals surface area contributed by atoms with Gasteiger partial charge in [0.1, 0.15) is 6.61 Å². The second-order valence-corrected chi connectivity index (χ2v) is 4.55. The van der Waals surface area contributed by atoms with Crippen molar-refractivity contribution in [2.45, 2.75) is 18.8 Å². The molecular weight excluding hydrogens is 266 g/mol. The van der Waals surface area contributed by atoms with Crippen molar-refractivity contribution in [3.63, 3.8) is 0 Å². The van der Waals surface area contributed by atoms with Crippen LogP contribution in [0, 0.1) is 0 Å². The van der Waals surface area contributed by atoms with Gasteiger partial charge < -0.3 is 19.9 Å². The van der Waals surface area contributed by atoms with Crippen molar-refractivity contribution in [2.75, 3.05) is 27.1 Å². The van der Waals surface area contributed by atoms with E-state index in [1.807, 2.05) is 0 Å². The fourth-order valence-electron chi connectivity index (χ4n) is 2.14. The number of hydrogen-bond donors (Lipinski definition) is 2. The van der Waals surface area contributed by atoms with E-state index in [0.29, 0.717) is 5.31 Å². The van der Waals surface area contributed by atoms with Crippen LogP contribution in [-0.2, 0) is 17.5 Å². The second-order valence-electron chi connectivity index (χ2n) is 4.55. The molecule has 0 spiro atoms. The summed E-state index contributed by atoms with van der Waals surface area (Å²) >= 11 is 0. The third-order valence-corrected chi connectivity index (χ3v) is 3.09. The Morgan fingerprint density at radius 3 is 3.24 bits per heavy atom. The summed E-state index contributed by atoms with van der Waals surface area (Å²) < 4.78 is 98.7. The standard InChI is InChI=1S/C16H21N3O2/c1-19(2)6-5-12-9-17-15-4-3-11(8-14(12)15)7-13-10-21-16(20)18-13/h3-4,8-9,13,17H,5-7,10H2,1-2H3,(H,18,20)/t13-/m0/s1/i1D3,2D3,6D2,7D2/hD2. The van der Waals surface area contributed by atoms with Crippen molar-refractivity contribution in [1.82, 2.24) is 15.2 Å². The van der Waals surface area contributed by atoms with Crippen LogP contribution < -0.4 is 5.31 Å². The van der Waals surface area contributed by atoms with Gasteiger partial charge in [-0.15, -0.1) is 0 Å². The van der Waals surface area contributed by atoms with Crippen molar-refractivity contribution >= 4 is 17.0 Å². The van der Waals surface area contributed by atoms with E-state index in [9.17, 15) is 4.79 Å². The van der Waals surface area contributed by atoms with Gasteiger partial charge in [-0.3, -0.25) is 0 Å². The summed E-state index contributed by atoms with van der Waals surface area (Å²) in [5.41, 5.74) is 0.353. The van der Waals surface area contributed by atoms with Gasteiger partial charge >= 0.3 is 6.09 Å². The Hall–Kier alpha value is -2.01. The number of nitrogens with one attached hydrogen (secondary N) is 2. The van der Waals surface area contributed by atoms with Crippen molar-refractivity contribution in [2.24, 2.45) is 0 Å². The first kappa shape index (κ1) is 5.65. The average molecular weight is 299 g/mol. The van der Waals surface area contributed by atoms with Gasteiger partial charge in [-0.25, -0.2) is 4.79 Å². The number of carbonyl (C=O) groups is 1. The van der Waals surface area contributed by atoms with Gasteiger partial charge in [-0.2, -0.15) is 0 Å². The molecule has 0 bridgehead atoms. The number of rotatable bonds is 5. The van der Waals surface area contributed by atoms with Crippen molar-refractivity contribution in [3.05, 3.63) is 35.5 Å². The highest BCUT2D eigenvalue weighted by molar-refractivity contribution is 5.84. The Morgan fingerprint density at radius 1 is 1.57 bits per heavy atom. The van der Waals surface area contributed by atoms with Gasteiger partial charge in [-0.1, -0.05) is 6.07 Å². The van der Waals surface area contributed by atoms with E-state index in [1.165, 1.54) is 24.4 Å². The lowest BCUT2D eigenvalue weighted by Crippen LogP contribution is -2.28. The summed E-state index contributed by atoms with van der Waals surface area (Å²) in [4.78, 5) is 12.2. The molecule has 0 radical (unpaired) electrons. The first-order chi connectivity index (χ1) is 14.9. The molecule has 1 fully saturated rings. The minimum Gasteiger partial charge on any atom is -0.447 e.